The SMILES string of the molecule is CC(=O)NCc1ccc(C(=O)N2CCN(c3ncc(C4CC4)cc3C)CC2)cc1. The average molecular weight is 393 g/mol. The Morgan fingerprint density at radius 2 is 1.79 bits per heavy atom. The Labute approximate surface area is 171 Å². The van der Waals surface area contributed by atoms with E-state index in [1.807, 2.05) is 35.4 Å². The highest BCUT2D eigenvalue weighted by molar-refractivity contribution is 5.94. The van der Waals surface area contributed by atoms with Crippen LogP contribution in [0.25, 0.3) is 0 Å². The smallest absolute Gasteiger partial charge is 0.253 e. The summed E-state index contributed by atoms with van der Waals surface area (Å²) >= 11 is 0. The summed E-state index contributed by atoms with van der Waals surface area (Å²) in [4.78, 5) is 32.8. The molecule has 1 saturated heterocycles. The normalized spacial score (nSPS) is 16.6. The van der Waals surface area contributed by atoms with E-state index in [0.717, 1.165) is 24.5 Å². The third kappa shape index (κ3) is 4.58. The number of rotatable bonds is 5. The van der Waals surface area contributed by atoms with Crippen molar-refractivity contribution in [2.75, 3.05) is 31.1 Å². The molecule has 2 fully saturated rings. The largest absolute Gasteiger partial charge is 0.353 e. The fourth-order valence-corrected chi connectivity index (χ4v) is 3.86. The number of hydrogen-bond acceptors (Lipinski definition) is 4. The molecule has 4 rings (SSSR count). The second-order valence-electron chi connectivity index (χ2n) is 8.07. The van der Waals surface area contributed by atoms with E-state index in [4.69, 9.17) is 4.98 Å². The van der Waals surface area contributed by atoms with Gasteiger partial charge in [0.05, 0.1) is 0 Å². The highest BCUT2D eigenvalue weighted by Gasteiger charge is 2.26. The van der Waals surface area contributed by atoms with Crippen molar-refractivity contribution in [2.45, 2.75) is 39.2 Å². The molecule has 1 saturated carbocycles. The molecular formula is C23H28N4O2. The van der Waals surface area contributed by atoms with Gasteiger partial charge in [-0.25, -0.2) is 4.98 Å². The summed E-state index contributed by atoms with van der Waals surface area (Å²) in [6.45, 7) is 7.08. The number of anilines is 1. The highest BCUT2D eigenvalue weighted by Crippen LogP contribution is 2.40. The van der Waals surface area contributed by atoms with Crippen LogP contribution in [0.3, 0.4) is 0 Å². The Morgan fingerprint density at radius 1 is 1.10 bits per heavy atom. The zero-order valence-electron chi connectivity index (χ0n) is 17.1. The minimum absolute atomic E-state index is 0.0597. The number of carbonyl (C=O) groups is 2. The number of aryl methyl sites for hydroxylation is 1. The number of amides is 2. The Bertz CT molecular complexity index is 898. The van der Waals surface area contributed by atoms with Gasteiger partial charge in [-0.05, 0) is 54.5 Å². The molecule has 2 heterocycles. The average Bonchev–Trinajstić information content (AvgIpc) is 3.58. The van der Waals surface area contributed by atoms with Crippen molar-refractivity contribution in [3.63, 3.8) is 0 Å². The molecule has 0 unspecified atom stereocenters. The predicted molar refractivity (Wildman–Crippen MR) is 113 cm³/mol. The standard InChI is InChI=1S/C23H28N4O2/c1-16-13-21(19-7-8-19)15-25-22(16)26-9-11-27(12-10-26)23(29)20-5-3-18(4-6-20)14-24-17(2)28/h3-6,13,15,19H,7-12,14H2,1-2H3,(H,24,28). The van der Waals surface area contributed by atoms with Crippen molar-refractivity contribution in [1.29, 1.82) is 0 Å². The molecule has 0 atom stereocenters. The Balaban J connectivity index is 1.34. The molecular weight excluding hydrogens is 364 g/mol. The Hall–Kier alpha value is -2.89. The maximum atomic E-state index is 12.8. The first-order valence-corrected chi connectivity index (χ1v) is 10.4. The van der Waals surface area contributed by atoms with Crippen LogP contribution < -0.4 is 10.2 Å². The van der Waals surface area contributed by atoms with Crippen molar-refractivity contribution in [3.05, 3.63) is 58.8 Å². The van der Waals surface area contributed by atoms with Gasteiger partial charge in [0.1, 0.15) is 5.82 Å². The lowest BCUT2D eigenvalue weighted by molar-refractivity contribution is -0.119. The van der Waals surface area contributed by atoms with E-state index in [0.29, 0.717) is 31.1 Å². The van der Waals surface area contributed by atoms with Gasteiger partial charge in [0.15, 0.2) is 0 Å². The van der Waals surface area contributed by atoms with Gasteiger partial charge in [-0.3, -0.25) is 9.59 Å². The van der Waals surface area contributed by atoms with Crippen LogP contribution in [-0.2, 0) is 11.3 Å². The first-order valence-electron chi connectivity index (χ1n) is 10.4. The number of pyridine rings is 1. The molecule has 1 aliphatic heterocycles. The summed E-state index contributed by atoms with van der Waals surface area (Å²) in [5, 5.41) is 2.77. The summed E-state index contributed by atoms with van der Waals surface area (Å²) in [6.07, 6.45) is 4.60. The highest BCUT2D eigenvalue weighted by atomic mass is 16.2. The third-order valence-corrected chi connectivity index (χ3v) is 5.73. The van der Waals surface area contributed by atoms with E-state index in [9.17, 15) is 9.59 Å². The van der Waals surface area contributed by atoms with Gasteiger partial charge in [-0.15, -0.1) is 0 Å². The maximum Gasteiger partial charge on any atom is 0.253 e. The summed E-state index contributed by atoms with van der Waals surface area (Å²) in [6, 6.07) is 9.75. The van der Waals surface area contributed by atoms with Crippen molar-refractivity contribution in [3.8, 4) is 0 Å². The lowest BCUT2D eigenvalue weighted by atomic mass is 10.1. The van der Waals surface area contributed by atoms with E-state index >= 15 is 0 Å². The minimum atomic E-state index is -0.0603. The number of hydrogen-bond donors (Lipinski definition) is 1. The Kier molecular flexibility index (Phi) is 5.51. The van der Waals surface area contributed by atoms with Crippen molar-refractivity contribution in [1.82, 2.24) is 15.2 Å². The van der Waals surface area contributed by atoms with Crippen molar-refractivity contribution < 1.29 is 9.59 Å². The van der Waals surface area contributed by atoms with Gasteiger partial charge in [0.25, 0.3) is 5.91 Å². The number of piperazine rings is 1. The molecule has 2 aliphatic rings. The number of benzene rings is 1. The molecule has 2 amide bonds. The second-order valence-corrected chi connectivity index (χ2v) is 8.07. The van der Waals surface area contributed by atoms with E-state index < -0.39 is 0 Å². The zero-order chi connectivity index (χ0) is 20.4. The third-order valence-electron chi connectivity index (χ3n) is 5.73. The Morgan fingerprint density at radius 3 is 2.38 bits per heavy atom. The molecule has 0 radical (unpaired) electrons. The molecule has 0 bridgehead atoms. The van der Waals surface area contributed by atoms with Crippen LogP contribution in [-0.4, -0.2) is 47.9 Å². The molecule has 2 aromatic rings. The molecule has 1 aromatic carbocycles. The number of aromatic nitrogens is 1. The van der Waals surface area contributed by atoms with Gasteiger partial charge in [-0.2, -0.15) is 0 Å². The minimum Gasteiger partial charge on any atom is -0.353 e. The molecule has 29 heavy (non-hydrogen) atoms. The van der Waals surface area contributed by atoms with Crippen LogP contribution in [0.1, 0.15) is 52.7 Å². The van der Waals surface area contributed by atoms with E-state index in [2.05, 4.69) is 23.2 Å². The van der Waals surface area contributed by atoms with Gasteiger partial charge in [-0.1, -0.05) is 18.2 Å². The molecule has 152 valence electrons. The first-order chi connectivity index (χ1) is 14.0. The van der Waals surface area contributed by atoms with Gasteiger partial charge >= 0.3 is 0 Å². The van der Waals surface area contributed by atoms with Gasteiger partial charge < -0.3 is 15.1 Å². The fraction of sp³-hybridized carbons (Fsp3) is 0.435. The van der Waals surface area contributed by atoms with E-state index in [1.54, 1.807) is 0 Å². The second kappa shape index (κ2) is 8.23. The topological polar surface area (TPSA) is 65.5 Å². The molecule has 1 N–H and O–H groups in total. The first kappa shape index (κ1) is 19.4. The van der Waals surface area contributed by atoms with Crippen molar-refractivity contribution in [2.24, 2.45) is 0 Å². The van der Waals surface area contributed by atoms with E-state index in [1.165, 1.54) is 30.9 Å². The summed E-state index contributed by atoms with van der Waals surface area (Å²) in [5.41, 5.74) is 4.26. The fourth-order valence-electron chi connectivity index (χ4n) is 3.86. The molecule has 0 spiro atoms. The summed E-state index contributed by atoms with van der Waals surface area (Å²) in [5.74, 6) is 1.76. The van der Waals surface area contributed by atoms with E-state index in [-0.39, 0.29) is 11.8 Å². The van der Waals surface area contributed by atoms with Crippen LogP contribution in [0.15, 0.2) is 36.5 Å². The van der Waals surface area contributed by atoms with Crippen LogP contribution in [0, 0.1) is 6.92 Å². The number of nitrogens with one attached hydrogen (secondary N) is 1. The number of nitrogens with zero attached hydrogens (tertiary/aromatic N) is 3. The summed E-state index contributed by atoms with van der Waals surface area (Å²) < 4.78 is 0. The molecule has 6 heteroatoms. The monoisotopic (exact) mass is 392 g/mol. The summed E-state index contributed by atoms with van der Waals surface area (Å²) in [7, 11) is 0. The van der Waals surface area contributed by atoms with Crippen LogP contribution in [0.4, 0.5) is 5.82 Å². The maximum absolute atomic E-state index is 12.8. The van der Waals surface area contributed by atoms with Crippen LogP contribution in [0.5, 0.6) is 0 Å². The van der Waals surface area contributed by atoms with Crippen molar-refractivity contribution >= 4 is 17.6 Å². The van der Waals surface area contributed by atoms with Gasteiger partial charge in [0, 0.05) is 51.4 Å². The molecule has 6 nitrogen and oxygen atoms in total. The quantitative estimate of drug-likeness (QED) is 0.850. The zero-order valence-corrected chi connectivity index (χ0v) is 17.1. The lowest BCUT2D eigenvalue weighted by Gasteiger charge is -2.36. The van der Waals surface area contributed by atoms with Crippen LogP contribution in [0.2, 0.25) is 0 Å². The molecule has 1 aliphatic carbocycles. The van der Waals surface area contributed by atoms with Crippen LogP contribution >= 0.6 is 0 Å². The number of carbonyl (C=O) groups excluding carboxylic acids is 2. The van der Waals surface area contributed by atoms with Gasteiger partial charge in [0.2, 0.25) is 5.91 Å². The molecule has 1 aromatic heterocycles. The predicted octanol–water partition coefficient (Wildman–Crippen LogP) is 2.87. The lowest BCUT2D eigenvalue weighted by Crippen LogP contribution is -2.49.